The third-order valence-corrected chi connectivity index (χ3v) is 8.90. The van der Waals surface area contributed by atoms with E-state index >= 15 is 0 Å². The number of nitrogens with zero attached hydrogens (tertiary/aromatic N) is 2. The molecule has 2 amide bonds. The SMILES string of the molecule is CC(C)c1ccc(N2C(=O)CC(N(CCc3cccc(Cl)c3)S(=O)(=O)c3ccc(Br)cc3)C2=O)cc1. The molecule has 0 radical (unpaired) electrons. The number of imide groups is 1. The molecule has 0 spiro atoms. The molecule has 9 heteroatoms. The number of sulfonamides is 1. The van der Waals surface area contributed by atoms with E-state index in [2.05, 4.69) is 29.8 Å². The van der Waals surface area contributed by atoms with Crippen molar-refractivity contribution in [3.8, 4) is 0 Å². The van der Waals surface area contributed by atoms with Gasteiger partial charge in [0.25, 0.3) is 5.91 Å². The average molecular weight is 590 g/mol. The number of benzene rings is 3. The average Bonchev–Trinajstić information content (AvgIpc) is 3.13. The van der Waals surface area contributed by atoms with Crippen LogP contribution in [0.15, 0.2) is 82.2 Å². The van der Waals surface area contributed by atoms with Crippen LogP contribution in [0.5, 0.6) is 0 Å². The highest BCUT2D eigenvalue weighted by molar-refractivity contribution is 9.10. The summed E-state index contributed by atoms with van der Waals surface area (Å²) in [5.41, 5.74) is 2.35. The fraction of sp³-hybridized carbons (Fsp3) is 0.259. The zero-order valence-electron chi connectivity index (χ0n) is 19.9. The third kappa shape index (κ3) is 5.57. The largest absolute Gasteiger partial charge is 0.274 e. The smallest absolute Gasteiger partial charge is 0.252 e. The second-order valence-electron chi connectivity index (χ2n) is 8.98. The van der Waals surface area contributed by atoms with Crippen LogP contribution in [0.1, 0.15) is 37.3 Å². The van der Waals surface area contributed by atoms with Gasteiger partial charge < -0.3 is 0 Å². The highest BCUT2D eigenvalue weighted by Crippen LogP contribution is 2.31. The fourth-order valence-electron chi connectivity index (χ4n) is 4.24. The molecule has 1 aliphatic rings. The molecule has 3 aromatic rings. The lowest BCUT2D eigenvalue weighted by molar-refractivity contribution is -0.122. The quantitative estimate of drug-likeness (QED) is 0.312. The minimum absolute atomic E-state index is 0.0164. The molecule has 0 aliphatic carbocycles. The number of hydrogen-bond acceptors (Lipinski definition) is 4. The molecular formula is C27H26BrClN2O4S. The van der Waals surface area contributed by atoms with Gasteiger partial charge in [0.1, 0.15) is 6.04 Å². The van der Waals surface area contributed by atoms with E-state index in [0.717, 1.165) is 24.8 Å². The topological polar surface area (TPSA) is 74.8 Å². The Morgan fingerprint density at radius 2 is 1.69 bits per heavy atom. The van der Waals surface area contributed by atoms with Crippen LogP contribution >= 0.6 is 27.5 Å². The van der Waals surface area contributed by atoms with E-state index in [-0.39, 0.29) is 17.9 Å². The van der Waals surface area contributed by atoms with Gasteiger partial charge in [-0.2, -0.15) is 4.31 Å². The van der Waals surface area contributed by atoms with Crippen molar-refractivity contribution in [3.05, 3.63) is 93.4 Å². The van der Waals surface area contributed by atoms with Crippen molar-refractivity contribution in [2.45, 2.75) is 43.5 Å². The molecule has 1 atom stereocenters. The molecule has 1 saturated heterocycles. The van der Waals surface area contributed by atoms with Gasteiger partial charge in [0, 0.05) is 16.0 Å². The van der Waals surface area contributed by atoms with Crippen LogP contribution in [-0.4, -0.2) is 37.1 Å². The van der Waals surface area contributed by atoms with Crippen molar-refractivity contribution in [2.24, 2.45) is 0 Å². The first-order valence-corrected chi connectivity index (χ1v) is 14.2. The monoisotopic (exact) mass is 588 g/mol. The first-order valence-electron chi connectivity index (χ1n) is 11.6. The molecule has 0 aromatic heterocycles. The van der Waals surface area contributed by atoms with Gasteiger partial charge in [0.2, 0.25) is 15.9 Å². The highest BCUT2D eigenvalue weighted by Gasteiger charge is 2.46. The van der Waals surface area contributed by atoms with Gasteiger partial charge in [-0.05, 0) is 72.0 Å². The van der Waals surface area contributed by atoms with Crippen molar-refractivity contribution in [3.63, 3.8) is 0 Å². The van der Waals surface area contributed by atoms with Gasteiger partial charge in [-0.25, -0.2) is 13.3 Å². The standard InChI is InChI=1S/C27H26BrClN2O4S/c1-18(2)20-6-10-23(11-7-20)31-26(32)17-25(27(31)33)30(15-14-19-4-3-5-22(29)16-19)36(34,35)24-12-8-21(28)9-13-24/h3-13,16,18,25H,14-15,17H2,1-2H3. The maximum Gasteiger partial charge on any atom is 0.252 e. The molecule has 0 bridgehead atoms. The molecule has 1 heterocycles. The summed E-state index contributed by atoms with van der Waals surface area (Å²) in [5, 5.41) is 0.540. The number of anilines is 1. The van der Waals surface area contributed by atoms with Crippen LogP contribution < -0.4 is 4.90 Å². The number of rotatable bonds is 8. The molecule has 6 nitrogen and oxygen atoms in total. The minimum atomic E-state index is -4.08. The van der Waals surface area contributed by atoms with Gasteiger partial charge >= 0.3 is 0 Å². The van der Waals surface area contributed by atoms with Crippen LogP contribution in [0.2, 0.25) is 5.02 Å². The van der Waals surface area contributed by atoms with E-state index in [1.807, 2.05) is 18.2 Å². The van der Waals surface area contributed by atoms with Crippen molar-refractivity contribution in [1.82, 2.24) is 4.31 Å². The van der Waals surface area contributed by atoms with E-state index in [4.69, 9.17) is 11.6 Å². The van der Waals surface area contributed by atoms with Crippen molar-refractivity contribution in [1.29, 1.82) is 0 Å². The Morgan fingerprint density at radius 1 is 1.03 bits per heavy atom. The van der Waals surface area contributed by atoms with Crippen LogP contribution in [0.3, 0.4) is 0 Å². The number of amides is 2. The van der Waals surface area contributed by atoms with Crippen molar-refractivity contribution >= 4 is 55.1 Å². The summed E-state index contributed by atoms with van der Waals surface area (Å²) >= 11 is 9.43. The fourth-order valence-corrected chi connectivity index (χ4v) is 6.30. The second-order valence-corrected chi connectivity index (χ2v) is 12.2. The summed E-state index contributed by atoms with van der Waals surface area (Å²) in [6.07, 6.45) is 0.105. The Hall–Kier alpha value is -2.52. The van der Waals surface area contributed by atoms with Crippen LogP contribution in [-0.2, 0) is 26.0 Å². The lowest BCUT2D eigenvalue weighted by Gasteiger charge is -2.27. The number of halogens is 2. The highest BCUT2D eigenvalue weighted by atomic mass is 79.9. The van der Waals surface area contributed by atoms with Gasteiger partial charge in [0.15, 0.2) is 0 Å². The predicted molar refractivity (Wildman–Crippen MR) is 145 cm³/mol. The van der Waals surface area contributed by atoms with Crippen molar-refractivity contribution in [2.75, 3.05) is 11.4 Å². The summed E-state index contributed by atoms with van der Waals surface area (Å²) in [7, 11) is -4.08. The second kappa shape index (κ2) is 10.8. The zero-order chi connectivity index (χ0) is 26.0. The first kappa shape index (κ1) is 26.5. The van der Waals surface area contributed by atoms with Gasteiger partial charge in [-0.3, -0.25) is 9.59 Å². The summed E-state index contributed by atoms with van der Waals surface area (Å²) < 4.78 is 29.4. The summed E-state index contributed by atoms with van der Waals surface area (Å²) in [4.78, 5) is 27.7. The Balaban J connectivity index is 1.68. The first-order chi connectivity index (χ1) is 17.1. The molecule has 1 unspecified atom stereocenters. The molecule has 3 aromatic carbocycles. The molecule has 1 aliphatic heterocycles. The summed E-state index contributed by atoms with van der Waals surface area (Å²) in [5.74, 6) is -0.681. The molecule has 4 rings (SSSR count). The zero-order valence-corrected chi connectivity index (χ0v) is 23.1. The van der Waals surface area contributed by atoms with Gasteiger partial charge in [0.05, 0.1) is 17.0 Å². The molecule has 0 N–H and O–H groups in total. The Kier molecular flexibility index (Phi) is 7.99. The number of carbonyl (C=O) groups is 2. The summed E-state index contributed by atoms with van der Waals surface area (Å²) in [6, 6.07) is 19.4. The van der Waals surface area contributed by atoms with Gasteiger partial charge in [-0.15, -0.1) is 0 Å². The Labute approximate surface area is 225 Å². The van der Waals surface area contributed by atoms with Crippen molar-refractivity contribution < 1.29 is 18.0 Å². The maximum atomic E-state index is 13.7. The summed E-state index contributed by atoms with van der Waals surface area (Å²) in [6.45, 7) is 4.13. The van der Waals surface area contributed by atoms with Crippen LogP contribution in [0, 0.1) is 0 Å². The Bertz CT molecular complexity index is 1380. The van der Waals surface area contributed by atoms with E-state index in [9.17, 15) is 18.0 Å². The van der Waals surface area contributed by atoms with Gasteiger partial charge in [-0.1, -0.05) is 65.6 Å². The molecular weight excluding hydrogens is 564 g/mol. The van der Waals surface area contributed by atoms with E-state index in [0.29, 0.717) is 23.0 Å². The number of hydrogen-bond donors (Lipinski definition) is 0. The minimum Gasteiger partial charge on any atom is -0.274 e. The lowest BCUT2D eigenvalue weighted by atomic mass is 10.0. The van der Waals surface area contributed by atoms with E-state index in [1.165, 1.54) is 12.1 Å². The van der Waals surface area contributed by atoms with E-state index < -0.39 is 27.9 Å². The predicted octanol–water partition coefficient (Wildman–Crippen LogP) is 5.79. The molecule has 36 heavy (non-hydrogen) atoms. The molecule has 0 saturated carbocycles. The number of carbonyl (C=O) groups excluding carboxylic acids is 2. The third-order valence-electron chi connectivity index (χ3n) is 6.22. The lowest BCUT2D eigenvalue weighted by Crippen LogP contribution is -2.46. The molecule has 1 fully saturated rings. The molecule has 188 valence electrons. The maximum absolute atomic E-state index is 13.7. The van der Waals surface area contributed by atoms with E-state index in [1.54, 1.807) is 42.5 Å². The van der Waals surface area contributed by atoms with Crippen LogP contribution in [0.4, 0.5) is 5.69 Å². The normalized spacial score (nSPS) is 16.4. The van der Waals surface area contributed by atoms with Crippen LogP contribution in [0.25, 0.3) is 0 Å². The Morgan fingerprint density at radius 3 is 2.31 bits per heavy atom.